The Labute approximate surface area is 91.2 Å². The molecular formula is C12H19N3. The first-order valence-electron chi connectivity index (χ1n) is 5.58. The zero-order chi connectivity index (χ0) is 10.5. The summed E-state index contributed by atoms with van der Waals surface area (Å²) in [6, 6.07) is 10.6. The Hall–Kier alpha value is -0.900. The summed E-state index contributed by atoms with van der Waals surface area (Å²) >= 11 is 0. The molecule has 1 fully saturated rings. The molecule has 3 heteroatoms. The fraction of sp³-hybridized carbons (Fsp3) is 0.500. The van der Waals surface area contributed by atoms with Crippen molar-refractivity contribution in [2.24, 2.45) is 11.8 Å². The Morgan fingerprint density at radius 3 is 2.87 bits per heavy atom. The summed E-state index contributed by atoms with van der Waals surface area (Å²) in [4.78, 5) is 2.50. The van der Waals surface area contributed by atoms with Gasteiger partial charge < -0.3 is 0 Å². The number of nitrogens with two attached hydrogens (primary N) is 1. The molecule has 1 heterocycles. The van der Waals surface area contributed by atoms with Crippen LogP contribution in [0.15, 0.2) is 30.3 Å². The molecule has 0 saturated carbocycles. The fourth-order valence-electron chi connectivity index (χ4n) is 2.23. The highest BCUT2D eigenvalue weighted by molar-refractivity contribution is 5.14. The van der Waals surface area contributed by atoms with E-state index >= 15 is 0 Å². The van der Waals surface area contributed by atoms with E-state index in [-0.39, 0.29) is 0 Å². The van der Waals surface area contributed by atoms with E-state index < -0.39 is 0 Å². The van der Waals surface area contributed by atoms with Gasteiger partial charge in [0.05, 0.1) is 0 Å². The highest BCUT2D eigenvalue weighted by Crippen LogP contribution is 2.17. The molecule has 0 bridgehead atoms. The third-order valence-electron chi connectivity index (χ3n) is 3.03. The number of nitrogens with one attached hydrogen (secondary N) is 1. The molecule has 3 nitrogen and oxygen atoms in total. The Bertz CT molecular complexity index is 286. The van der Waals surface area contributed by atoms with Crippen LogP contribution >= 0.6 is 0 Å². The van der Waals surface area contributed by atoms with Crippen LogP contribution in [-0.2, 0) is 6.54 Å². The van der Waals surface area contributed by atoms with Crippen LogP contribution in [0.25, 0.3) is 0 Å². The number of benzene rings is 1. The highest BCUT2D eigenvalue weighted by Gasteiger charge is 2.21. The average molecular weight is 205 g/mol. The lowest BCUT2D eigenvalue weighted by Crippen LogP contribution is -2.30. The second-order valence-corrected chi connectivity index (χ2v) is 4.28. The lowest BCUT2D eigenvalue weighted by Gasteiger charge is -2.15. The van der Waals surface area contributed by atoms with Crippen molar-refractivity contribution in [1.82, 2.24) is 10.3 Å². The van der Waals surface area contributed by atoms with Crippen LogP contribution in [0.2, 0.25) is 0 Å². The molecule has 1 aromatic rings. The molecule has 82 valence electrons. The van der Waals surface area contributed by atoms with Gasteiger partial charge in [-0.2, -0.15) is 0 Å². The lowest BCUT2D eigenvalue weighted by molar-refractivity contribution is 0.314. The van der Waals surface area contributed by atoms with E-state index in [1.165, 1.54) is 25.1 Å². The number of rotatable bonds is 4. The van der Waals surface area contributed by atoms with Crippen LogP contribution in [0.1, 0.15) is 12.0 Å². The minimum absolute atomic E-state index is 0.721. The first kappa shape index (κ1) is 10.6. The number of hydrazine groups is 1. The summed E-state index contributed by atoms with van der Waals surface area (Å²) in [7, 11) is 0. The fourth-order valence-corrected chi connectivity index (χ4v) is 2.23. The van der Waals surface area contributed by atoms with Gasteiger partial charge in [0.1, 0.15) is 0 Å². The largest absolute Gasteiger partial charge is 0.299 e. The zero-order valence-electron chi connectivity index (χ0n) is 9.02. The molecule has 0 spiro atoms. The van der Waals surface area contributed by atoms with Crippen LogP contribution < -0.4 is 11.3 Å². The third kappa shape index (κ3) is 3.02. The van der Waals surface area contributed by atoms with Gasteiger partial charge in [-0.05, 0) is 24.4 Å². The van der Waals surface area contributed by atoms with Crippen molar-refractivity contribution in [3.8, 4) is 0 Å². The zero-order valence-corrected chi connectivity index (χ0v) is 9.02. The molecule has 0 aliphatic carbocycles. The molecule has 1 atom stereocenters. The van der Waals surface area contributed by atoms with Gasteiger partial charge >= 0.3 is 0 Å². The third-order valence-corrected chi connectivity index (χ3v) is 3.03. The van der Waals surface area contributed by atoms with Gasteiger partial charge in [-0.1, -0.05) is 30.3 Å². The van der Waals surface area contributed by atoms with E-state index in [4.69, 9.17) is 5.84 Å². The molecule has 1 unspecified atom stereocenters. The van der Waals surface area contributed by atoms with E-state index in [1.807, 2.05) is 0 Å². The first-order valence-corrected chi connectivity index (χ1v) is 5.58. The van der Waals surface area contributed by atoms with Crippen molar-refractivity contribution in [1.29, 1.82) is 0 Å². The quantitative estimate of drug-likeness (QED) is 0.568. The van der Waals surface area contributed by atoms with Crippen molar-refractivity contribution >= 4 is 0 Å². The van der Waals surface area contributed by atoms with Crippen LogP contribution in [0.4, 0.5) is 0 Å². The molecule has 1 saturated heterocycles. The van der Waals surface area contributed by atoms with Crippen LogP contribution in [0.3, 0.4) is 0 Å². The van der Waals surface area contributed by atoms with Crippen LogP contribution in [-0.4, -0.2) is 24.5 Å². The topological polar surface area (TPSA) is 41.3 Å². The first-order chi connectivity index (χ1) is 7.38. The smallest absolute Gasteiger partial charge is 0.0233 e. The molecule has 1 aromatic carbocycles. The molecular weight excluding hydrogens is 186 g/mol. The van der Waals surface area contributed by atoms with Gasteiger partial charge in [-0.25, -0.2) is 0 Å². The summed E-state index contributed by atoms with van der Waals surface area (Å²) in [6.07, 6.45) is 1.26. The number of hydrogen-bond acceptors (Lipinski definition) is 3. The van der Waals surface area contributed by atoms with E-state index in [9.17, 15) is 0 Å². The van der Waals surface area contributed by atoms with Crippen molar-refractivity contribution in [3.05, 3.63) is 35.9 Å². The molecule has 1 aliphatic rings. The Kier molecular flexibility index (Phi) is 3.72. The second kappa shape index (κ2) is 5.26. The second-order valence-electron chi connectivity index (χ2n) is 4.28. The van der Waals surface area contributed by atoms with Gasteiger partial charge in [0.15, 0.2) is 0 Å². The lowest BCUT2D eigenvalue weighted by atomic mass is 10.1. The molecule has 1 aliphatic heterocycles. The van der Waals surface area contributed by atoms with Gasteiger partial charge in [0.2, 0.25) is 0 Å². The van der Waals surface area contributed by atoms with Gasteiger partial charge in [-0.15, -0.1) is 0 Å². The summed E-state index contributed by atoms with van der Waals surface area (Å²) in [5.74, 6) is 6.06. The molecule has 0 amide bonds. The average Bonchev–Trinajstić information content (AvgIpc) is 2.68. The minimum atomic E-state index is 0.721. The summed E-state index contributed by atoms with van der Waals surface area (Å²) in [6.45, 7) is 4.37. The Balaban J connectivity index is 1.82. The van der Waals surface area contributed by atoms with E-state index in [0.717, 1.165) is 19.0 Å². The number of hydrogen-bond donors (Lipinski definition) is 2. The van der Waals surface area contributed by atoms with E-state index in [2.05, 4.69) is 40.7 Å². The standard InChI is InChI=1S/C12H19N3/c13-14-8-12-6-7-15(10-12)9-11-4-2-1-3-5-11/h1-5,12,14H,6-10,13H2. The van der Waals surface area contributed by atoms with Crippen LogP contribution in [0.5, 0.6) is 0 Å². The van der Waals surface area contributed by atoms with Gasteiger partial charge in [-0.3, -0.25) is 16.2 Å². The van der Waals surface area contributed by atoms with E-state index in [0.29, 0.717) is 0 Å². The van der Waals surface area contributed by atoms with E-state index in [1.54, 1.807) is 0 Å². The maximum atomic E-state index is 5.34. The number of likely N-dealkylation sites (tertiary alicyclic amines) is 1. The monoisotopic (exact) mass is 205 g/mol. The predicted octanol–water partition coefficient (Wildman–Crippen LogP) is 0.972. The summed E-state index contributed by atoms with van der Waals surface area (Å²) < 4.78 is 0. The normalized spacial score (nSPS) is 22.1. The maximum Gasteiger partial charge on any atom is 0.0233 e. The molecule has 15 heavy (non-hydrogen) atoms. The SMILES string of the molecule is NNCC1CCN(Cc2ccccc2)C1. The van der Waals surface area contributed by atoms with Crippen molar-refractivity contribution < 1.29 is 0 Å². The van der Waals surface area contributed by atoms with Crippen molar-refractivity contribution in [2.45, 2.75) is 13.0 Å². The molecule has 2 rings (SSSR count). The van der Waals surface area contributed by atoms with Crippen molar-refractivity contribution in [2.75, 3.05) is 19.6 Å². The predicted molar refractivity (Wildman–Crippen MR) is 62.0 cm³/mol. The summed E-state index contributed by atoms with van der Waals surface area (Å²) in [5.41, 5.74) is 4.17. The molecule has 0 radical (unpaired) electrons. The van der Waals surface area contributed by atoms with Gasteiger partial charge in [0.25, 0.3) is 0 Å². The molecule has 3 N–H and O–H groups in total. The summed E-state index contributed by atoms with van der Waals surface area (Å²) in [5, 5.41) is 0. The van der Waals surface area contributed by atoms with Crippen molar-refractivity contribution in [3.63, 3.8) is 0 Å². The Morgan fingerprint density at radius 2 is 2.13 bits per heavy atom. The Morgan fingerprint density at radius 1 is 1.33 bits per heavy atom. The maximum absolute atomic E-state index is 5.34. The molecule has 0 aromatic heterocycles. The number of nitrogens with zero attached hydrogens (tertiary/aromatic N) is 1. The van der Waals surface area contributed by atoms with Crippen LogP contribution in [0, 0.1) is 5.92 Å². The van der Waals surface area contributed by atoms with Gasteiger partial charge in [0, 0.05) is 19.6 Å². The minimum Gasteiger partial charge on any atom is -0.299 e. The highest BCUT2D eigenvalue weighted by atomic mass is 15.2.